The first-order valence-corrected chi connectivity index (χ1v) is 7.44. The molecule has 2 rings (SSSR count). The molecular formula is C14H16BrNS. The topological polar surface area (TPSA) is 3.24 Å². The Morgan fingerprint density at radius 2 is 1.88 bits per heavy atom. The highest BCUT2D eigenvalue weighted by molar-refractivity contribution is 9.10. The molecule has 0 spiro atoms. The number of hydrogen-bond acceptors (Lipinski definition) is 2. The fourth-order valence-corrected chi connectivity index (χ4v) is 2.76. The zero-order valence-electron chi connectivity index (χ0n) is 9.90. The Morgan fingerprint density at radius 1 is 1.12 bits per heavy atom. The van der Waals surface area contributed by atoms with Crippen LogP contribution >= 0.6 is 27.3 Å². The van der Waals surface area contributed by atoms with Gasteiger partial charge in [0.15, 0.2) is 0 Å². The van der Waals surface area contributed by atoms with E-state index in [4.69, 9.17) is 0 Å². The summed E-state index contributed by atoms with van der Waals surface area (Å²) in [6.07, 6.45) is 0. The molecule has 0 bridgehead atoms. The van der Waals surface area contributed by atoms with Crippen molar-refractivity contribution < 1.29 is 0 Å². The smallest absolute Gasteiger partial charge is 0.0331 e. The van der Waals surface area contributed by atoms with E-state index in [1.807, 2.05) is 11.3 Å². The quantitative estimate of drug-likeness (QED) is 0.784. The van der Waals surface area contributed by atoms with Crippen LogP contribution in [0.15, 0.2) is 46.3 Å². The van der Waals surface area contributed by atoms with Gasteiger partial charge in [-0.1, -0.05) is 41.1 Å². The molecule has 2 aromatic rings. The van der Waals surface area contributed by atoms with E-state index >= 15 is 0 Å². The van der Waals surface area contributed by atoms with E-state index in [0.717, 1.165) is 24.1 Å². The van der Waals surface area contributed by atoms with Gasteiger partial charge in [0.05, 0.1) is 0 Å². The minimum Gasteiger partial charge on any atom is -0.294 e. The van der Waals surface area contributed by atoms with Crippen LogP contribution in [0.3, 0.4) is 0 Å². The summed E-state index contributed by atoms with van der Waals surface area (Å²) in [7, 11) is 0. The average molecular weight is 310 g/mol. The van der Waals surface area contributed by atoms with E-state index in [1.165, 1.54) is 10.4 Å². The van der Waals surface area contributed by atoms with Crippen LogP contribution in [-0.2, 0) is 13.1 Å². The summed E-state index contributed by atoms with van der Waals surface area (Å²) < 4.78 is 1.14. The molecule has 0 atom stereocenters. The molecule has 0 saturated heterocycles. The average Bonchev–Trinajstić information content (AvgIpc) is 2.84. The number of nitrogens with zero attached hydrogens (tertiary/aromatic N) is 1. The fraction of sp³-hybridized carbons (Fsp3) is 0.286. The Balaban J connectivity index is 1.97. The predicted molar refractivity (Wildman–Crippen MR) is 78.2 cm³/mol. The lowest BCUT2D eigenvalue weighted by atomic mass is 10.2. The Morgan fingerprint density at radius 3 is 2.47 bits per heavy atom. The Hall–Kier alpha value is -0.640. The molecule has 0 aliphatic rings. The van der Waals surface area contributed by atoms with Crippen LogP contribution < -0.4 is 0 Å². The van der Waals surface area contributed by atoms with Gasteiger partial charge in [-0.15, -0.1) is 11.3 Å². The molecule has 0 unspecified atom stereocenters. The molecule has 1 aromatic carbocycles. The van der Waals surface area contributed by atoms with Gasteiger partial charge in [-0.3, -0.25) is 4.90 Å². The maximum atomic E-state index is 3.47. The van der Waals surface area contributed by atoms with Gasteiger partial charge in [-0.05, 0) is 35.7 Å². The van der Waals surface area contributed by atoms with E-state index in [1.54, 1.807) is 0 Å². The SMILES string of the molecule is CCN(Cc1ccc(Br)cc1)Cc1cccs1. The first kappa shape index (κ1) is 12.8. The van der Waals surface area contributed by atoms with Crippen molar-refractivity contribution in [1.82, 2.24) is 4.90 Å². The lowest BCUT2D eigenvalue weighted by molar-refractivity contribution is 0.274. The van der Waals surface area contributed by atoms with Crippen LogP contribution in [0.5, 0.6) is 0 Å². The second-order valence-electron chi connectivity index (χ2n) is 4.01. The summed E-state index contributed by atoms with van der Waals surface area (Å²) in [5, 5.41) is 2.14. The molecule has 0 fully saturated rings. The van der Waals surface area contributed by atoms with Gasteiger partial charge in [0.2, 0.25) is 0 Å². The van der Waals surface area contributed by atoms with Gasteiger partial charge in [-0.25, -0.2) is 0 Å². The Bertz CT molecular complexity index is 436. The summed E-state index contributed by atoms with van der Waals surface area (Å²) in [5.41, 5.74) is 1.37. The molecule has 0 aliphatic heterocycles. The molecule has 0 aliphatic carbocycles. The molecule has 0 saturated carbocycles. The largest absolute Gasteiger partial charge is 0.294 e. The van der Waals surface area contributed by atoms with Crippen molar-refractivity contribution in [3.8, 4) is 0 Å². The third-order valence-electron chi connectivity index (χ3n) is 2.73. The summed E-state index contributed by atoms with van der Waals surface area (Å²) >= 11 is 5.30. The highest BCUT2D eigenvalue weighted by atomic mass is 79.9. The maximum absolute atomic E-state index is 3.47. The highest BCUT2D eigenvalue weighted by Gasteiger charge is 2.05. The van der Waals surface area contributed by atoms with Crippen LogP contribution in [0.25, 0.3) is 0 Å². The molecule has 0 radical (unpaired) electrons. The molecule has 3 heteroatoms. The highest BCUT2D eigenvalue weighted by Crippen LogP contribution is 2.16. The molecule has 1 heterocycles. The van der Waals surface area contributed by atoms with Crippen molar-refractivity contribution in [3.63, 3.8) is 0 Å². The van der Waals surface area contributed by atoms with Crippen LogP contribution in [0.4, 0.5) is 0 Å². The van der Waals surface area contributed by atoms with Gasteiger partial charge in [-0.2, -0.15) is 0 Å². The monoisotopic (exact) mass is 309 g/mol. The van der Waals surface area contributed by atoms with E-state index < -0.39 is 0 Å². The Kier molecular flexibility index (Phi) is 4.77. The fourth-order valence-electron chi connectivity index (χ4n) is 1.75. The molecular weight excluding hydrogens is 294 g/mol. The van der Waals surface area contributed by atoms with Crippen molar-refractivity contribution in [2.45, 2.75) is 20.0 Å². The molecule has 17 heavy (non-hydrogen) atoms. The van der Waals surface area contributed by atoms with Gasteiger partial charge in [0, 0.05) is 22.4 Å². The van der Waals surface area contributed by atoms with Crippen LogP contribution in [0.2, 0.25) is 0 Å². The van der Waals surface area contributed by atoms with Crippen molar-refractivity contribution in [3.05, 3.63) is 56.7 Å². The van der Waals surface area contributed by atoms with Crippen molar-refractivity contribution in [2.75, 3.05) is 6.54 Å². The van der Waals surface area contributed by atoms with Crippen molar-refractivity contribution in [2.24, 2.45) is 0 Å². The van der Waals surface area contributed by atoms with Gasteiger partial charge in [0.1, 0.15) is 0 Å². The lowest BCUT2D eigenvalue weighted by Crippen LogP contribution is -2.21. The van der Waals surface area contributed by atoms with Crippen LogP contribution in [-0.4, -0.2) is 11.4 Å². The van der Waals surface area contributed by atoms with Gasteiger partial charge in [0.25, 0.3) is 0 Å². The number of hydrogen-bond donors (Lipinski definition) is 0. The van der Waals surface area contributed by atoms with Crippen molar-refractivity contribution in [1.29, 1.82) is 0 Å². The molecule has 1 aromatic heterocycles. The normalized spacial score (nSPS) is 11.0. The maximum Gasteiger partial charge on any atom is 0.0331 e. The zero-order valence-corrected chi connectivity index (χ0v) is 12.3. The second kappa shape index (κ2) is 6.34. The standard InChI is InChI=1S/C14H16BrNS/c1-2-16(11-14-4-3-9-17-14)10-12-5-7-13(15)8-6-12/h3-9H,2,10-11H2,1H3. The summed E-state index contributed by atoms with van der Waals surface area (Å²) in [5.74, 6) is 0. The number of rotatable bonds is 5. The lowest BCUT2D eigenvalue weighted by Gasteiger charge is -2.19. The zero-order chi connectivity index (χ0) is 12.1. The third-order valence-corrected chi connectivity index (χ3v) is 4.12. The van der Waals surface area contributed by atoms with Crippen LogP contribution in [0, 0.1) is 0 Å². The predicted octanol–water partition coefficient (Wildman–Crippen LogP) is 4.53. The number of halogens is 1. The third kappa shape index (κ3) is 3.95. The van der Waals surface area contributed by atoms with E-state index in [2.05, 4.69) is 69.5 Å². The summed E-state index contributed by atoms with van der Waals surface area (Å²) in [6, 6.07) is 12.9. The van der Waals surface area contributed by atoms with Gasteiger partial charge >= 0.3 is 0 Å². The minimum absolute atomic E-state index is 1.02. The van der Waals surface area contributed by atoms with E-state index in [9.17, 15) is 0 Å². The number of benzene rings is 1. The number of thiophene rings is 1. The first-order valence-electron chi connectivity index (χ1n) is 5.77. The minimum atomic E-state index is 1.02. The second-order valence-corrected chi connectivity index (χ2v) is 5.96. The van der Waals surface area contributed by atoms with E-state index in [0.29, 0.717) is 0 Å². The summed E-state index contributed by atoms with van der Waals surface area (Å²) in [6.45, 7) is 5.35. The Labute approximate surface area is 115 Å². The summed E-state index contributed by atoms with van der Waals surface area (Å²) in [4.78, 5) is 3.89. The van der Waals surface area contributed by atoms with Crippen molar-refractivity contribution >= 4 is 27.3 Å². The molecule has 0 N–H and O–H groups in total. The molecule has 1 nitrogen and oxygen atoms in total. The molecule has 90 valence electrons. The molecule has 0 amide bonds. The van der Waals surface area contributed by atoms with Crippen LogP contribution in [0.1, 0.15) is 17.4 Å². The van der Waals surface area contributed by atoms with E-state index in [-0.39, 0.29) is 0 Å². The first-order chi connectivity index (χ1) is 8.28. The van der Waals surface area contributed by atoms with Gasteiger partial charge < -0.3 is 0 Å².